The summed E-state index contributed by atoms with van der Waals surface area (Å²) >= 11 is 6.38. The van der Waals surface area contributed by atoms with Crippen LogP contribution in [0.15, 0.2) is 35.4 Å². The lowest BCUT2D eigenvalue weighted by molar-refractivity contribution is -0.122. The zero-order valence-corrected chi connectivity index (χ0v) is 18.6. The first-order valence-electron chi connectivity index (χ1n) is 10.2. The fourth-order valence-electron chi connectivity index (χ4n) is 3.46. The van der Waals surface area contributed by atoms with Crippen molar-refractivity contribution in [3.8, 4) is 5.75 Å². The van der Waals surface area contributed by atoms with Gasteiger partial charge in [0.15, 0.2) is 12.4 Å². The van der Waals surface area contributed by atoms with E-state index in [0.717, 1.165) is 32.0 Å². The molecular formula is C21H24ClN7O3. The van der Waals surface area contributed by atoms with Crippen LogP contribution in [0.3, 0.4) is 0 Å². The van der Waals surface area contributed by atoms with Gasteiger partial charge in [0, 0.05) is 51.7 Å². The second-order valence-electron chi connectivity index (χ2n) is 7.36. The van der Waals surface area contributed by atoms with Crippen LogP contribution in [0.25, 0.3) is 11.0 Å². The van der Waals surface area contributed by atoms with Crippen LogP contribution in [0.5, 0.6) is 5.75 Å². The van der Waals surface area contributed by atoms with Crippen molar-refractivity contribution < 1.29 is 9.53 Å². The summed E-state index contributed by atoms with van der Waals surface area (Å²) in [6.07, 6.45) is 3.26. The van der Waals surface area contributed by atoms with Gasteiger partial charge >= 0.3 is 0 Å². The van der Waals surface area contributed by atoms with Crippen molar-refractivity contribution in [2.24, 2.45) is 7.05 Å². The molecular weight excluding hydrogens is 434 g/mol. The van der Waals surface area contributed by atoms with Crippen molar-refractivity contribution in [3.05, 3.63) is 46.0 Å². The number of pyridine rings is 3. The van der Waals surface area contributed by atoms with E-state index in [9.17, 15) is 9.59 Å². The number of aryl methyl sites for hydroxylation is 1. The number of halogens is 1. The molecule has 4 heterocycles. The van der Waals surface area contributed by atoms with Crippen molar-refractivity contribution in [1.82, 2.24) is 25.2 Å². The highest BCUT2D eigenvalue weighted by atomic mass is 35.5. The molecule has 1 saturated heterocycles. The quantitative estimate of drug-likeness (QED) is 0.507. The molecule has 0 atom stereocenters. The molecule has 3 N–H and O–H groups in total. The van der Waals surface area contributed by atoms with Gasteiger partial charge in [0.1, 0.15) is 11.5 Å². The summed E-state index contributed by atoms with van der Waals surface area (Å²) in [5.74, 6) is 0.596. The van der Waals surface area contributed by atoms with Gasteiger partial charge in [-0.05, 0) is 12.1 Å². The predicted octanol–water partition coefficient (Wildman–Crippen LogP) is 1.26. The maximum absolute atomic E-state index is 12.5. The van der Waals surface area contributed by atoms with Crippen molar-refractivity contribution in [2.75, 3.05) is 50.1 Å². The Hall–Kier alpha value is -3.37. The third-order valence-corrected chi connectivity index (χ3v) is 5.51. The summed E-state index contributed by atoms with van der Waals surface area (Å²) in [6.45, 7) is 3.32. The lowest BCUT2D eigenvalue weighted by Crippen LogP contribution is -2.43. The third-order valence-electron chi connectivity index (χ3n) is 5.21. The number of hydrogen-bond donors (Lipinski definition) is 3. The number of likely N-dealkylation sites (N-methyl/N-ethyl adjacent to an activating group) is 1. The number of fused-ring (bicyclic) bond motifs is 1. The molecule has 32 heavy (non-hydrogen) atoms. The van der Waals surface area contributed by atoms with Crippen LogP contribution in [-0.2, 0) is 11.8 Å². The molecule has 4 rings (SSSR count). The van der Waals surface area contributed by atoms with Gasteiger partial charge in [0.05, 0.1) is 28.8 Å². The predicted molar refractivity (Wildman–Crippen MR) is 124 cm³/mol. The van der Waals surface area contributed by atoms with E-state index >= 15 is 0 Å². The lowest BCUT2D eigenvalue weighted by Gasteiger charge is -2.28. The number of hydrogen-bond acceptors (Lipinski definition) is 8. The Morgan fingerprint density at radius 1 is 1.22 bits per heavy atom. The second-order valence-corrected chi connectivity index (χ2v) is 7.76. The number of rotatable bonds is 6. The first kappa shape index (κ1) is 21.8. The van der Waals surface area contributed by atoms with Crippen LogP contribution < -0.4 is 31.1 Å². The molecule has 11 heteroatoms. The first-order valence-corrected chi connectivity index (χ1v) is 10.6. The molecule has 0 unspecified atom stereocenters. The average molecular weight is 458 g/mol. The Morgan fingerprint density at radius 2 is 2.00 bits per heavy atom. The molecule has 0 aliphatic carbocycles. The Morgan fingerprint density at radius 3 is 2.75 bits per heavy atom. The lowest BCUT2D eigenvalue weighted by atomic mass is 10.2. The van der Waals surface area contributed by atoms with Gasteiger partial charge in [-0.25, -0.2) is 9.97 Å². The zero-order chi connectivity index (χ0) is 22.7. The zero-order valence-electron chi connectivity index (χ0n) is 17.8. The minimum atomic E-state index is -0.368. The number of aromatic nitrogens is 3. The van der Waals surface area contributed by atoms with Crippen molar-refractivity contribution in [3.63, 3.8) is 0 Å². The molecule has 3 aromatic rings. The van der Waals surface area contributed by atoms with E-state index in [1.54, 1.807) is 25.5 Å². The number of nitrogens with zero attached hydrogens (tertiary/aromatic N) is 4. The summed E-state index contributed by atoms with van der Waals surface area (Å²) in [4.78, 5) is 35.1. The van der Waals surface area contributed by atoms with E-state index in [4.69, 9.17) is 16.3 Å². The topological polar surface area (TPSA) is 113 Å². The number of ether oxygens (including phenoxy) is 1. The molecule has 1 aliphatic rings. The standard InChI is InChI=1S/C21H24ClN7O3/c1-23-19(30)12-32-17-8-13-7-14(10-26-20(13)28(2)21(17)31)27-16-9-18(25-11-15(16)22)29-5-3-24-4-6-29/h7-11,24H,3-6,12H2,1-2H3,(H,23,30)(H,25,27). The Labute approximate surface area is 189 Å². The number of amides is 1. The number of carbonyl (C=O) groups excluding carboxylic acids is 1. The summed E-state index contributed by atoms with van der Waals surface area (Å²) in [5.41, 5.74) is 1.52. The molecule has 3 aromatic heterocycles. The van der Waals surface area contributed by atoms with Gasteiger partial charge in [-0.15, -0.1) is 0 Å². The van der Waals surface area contributed by atoms with E-state index in [0.29, 0.717) is 27.4 Å². The van der Waals surface area contributed by atoms with E-state index in [-0.39, 0.29) is 23.8 Å². The van der Waals surface area contributed by atoms with Gasteiger partial charge in [-0.1, -0.05) is 11.6 Å². The molecule has 0 radical (unpaired) electrons. The second kappa shape index (κ2) is 9.41. The van der Waals surface area contributed by atoms with E-state index in [1.165, 1.54) is 11.6 Å². The highest BCUT2D eigenvalue weighted by Crippen LogP contribution is 2.29. The van der Waals surface area contributed by atoms with E-state index in [1.807, 2.05) is 12.1 Å². The van der Waals surface area contributed by atoms with Crippen LogP contribution in [0.1, 0.15) is 0 Å². The summed E-state index contributed by atoms with van der Waals surface area (Å²) in [7, 11) is 3.11. The molecule has 0 aromatic carbocycles. The highest BCUT2D eigenvalue weighted by Gasteiger charge is 2.15. The number of anilines is 3. The largest absolute Gasteiger partial charge is 0.478 e. The minimum Gasteiger partial charge on any atom is -0.478 e. The highest BCUT2D eigenvalue weighted by molar-refractivity contribution is 6.33. The molecule has 10 nitrogen and oxygen atoms in total. The van der Waals surface area contributed by atoms with E-state index < -0.39 is 0 Å². The summed E-state index contributed by atoms with van der Waals surface area (Å²) < 4.78 is 6.79. The molecule has 1 fully saturated rings. The summed E-state index contributed by atoms with van der Waals surface area (Å²) in [5, 5.41) is 10.2. The Balaban J connectivity index is 1.63. The van der Waals surface area contributed by atoms with Gasteiger partial charge < -0.3 is 25.6 Å². The van der Waals surface area contributed by atoms with Crippen LogP contribution in [-0.4, -0.2) is 60.3 Å². The minimum absolute atomic E-state index is 0.0745. The maximum Gasteiger partial charge on any atom is 0.294 e. The third kappa shape index (κ3) is 4.61. The summed E-state index contributed by atoms with van der Waals surface area (Å²) in [6, 6.07) is 5.34. The van der Waals surface area contributed by atoms with Gasteiger partial charge in [0.2, 0.25) is 0 Å². The Bertz CT molecular complexity index is 1210. The normalized spacial score (nSPS) is 13.8. The van der Waals surface area contributed by atoms with Crippen LogP contribution >= 0.6 is 11.6 Å². The van der Waals surface area contributed by atoms with Crippen molar-refractivity contribution >= 4 is 45.7 Å². The molecule has 0 spiro atoms. The van der Waals surface area contributed by atoms with Gasteiger partial charge in [-0.2, -0.15) is 0 Å². The SMILES string of the molecule is CNC(=O)COc1cc2cc(Nc3cc(N4CCNCC4)ncc3Cl)cnc2n(C)c1=O. The molecule has 168 valence electrons. The molecule has 1 aliphatic heterocycles. The average Bonchev–Trinajstić information content (AvgIpc) is 2.82. The van der Waals surface area contributed by atoms with Crippen LogP contribution in [0.4, 0.5) is 17.2 Å². The van der Waals surface area contributed by atoms with Crippen LogP contribution in [0, 0.1) is 0 Å². The fraction of sp³-hybridized carbons (Fsp3) is 0.333. The monoisotopic (exact) mass is 457 g/mol. The Kier molecular flexibility index (Phi) is 6.42. The first-order chi connectivity index (χ1) is 15.5. The van der Waals surface area contributed by atoms with E-state index in [2.05, 4.69) is 30.8 Å². The number of nitrogens with one attached hydrogen (secondary N) is 3. The maximum atomic E-state index is 12.5. The van der Waals surface area contributed by atoms with Crippen LogP contribution in [0.2, 0.25) is 5.02 Å². The molecule has 0 bridgehead atoms. The fourth-order valence-corrected chi connectivity index (χ4v) is 3.61. The number of carbonyl (C=O) groups is 1. The number of piperazine rings is 1. The van der Waals surface area contributed by atoms with Gasteiger partial charge in [-0.3, -0.25) is 14.2 Å². The molecule has 0 saturated carbocycles. The van der Waals surface area contributed by atoms with Gasteiger partial charge in [0.25, 0.3) is 11.5 Å². The smallest absolute Gasteiger partial charge is 0.294 e. The molecule has 1 amide bonds. The van der Waals surface area contributed by atoms with Crippen molar-refractivity contribution in [1.29, 1.82) is 0 Å². The van der Waals surface area contributed by atoms with Crippen molar-refractivity contribution in [2.45, 2.75) is 0 Å².